The van der Waals surface area contributed by atoms with Gasteiger partial charge >= 0.3 is 0 Å². The number of aromatic nitrogens is 1. The van der Waals surface area contributed by atoms with Crippen LogP contribution in [0.15, 0.2) is 0 Å². The van der Waals surface area contributed by atoms with Crippen molar-refractivity contribution in [1.82, 2.24) is 14.8 Å². The Hall–Kier alpha value is -2.11. The zero-order valence-corrected chi connectivity index (χ0v) is 17.1. The lowest BCUT2D eigenvalue weighted by atomic mass is 9.78. The number of carbonyl (C=O) groups is 3. The third-order valence-corrected chi connectivity index (χ3v) is 7.13. The van der Waals surface area contributed by atoms with Crippen molar-refractivity contribution in [2.75, 3.05) is 26.2 Å². The molecule has 4 rings (SSSR count). The molecule has 28 heavy (non-hydrogen) atoms. The Kier molecular flexibility index (Phi) is 5.30. The fourth-order valence-corrected chi connectivity index (χ4v) is 5.41. The molecule has 1 aromatic rings. The summed E-state index contributed by atoms with van der Waals surface area (Å²) in [7, 11) is 0. The molecule has 0 unspecified atom stereocenters. The molecule has 0 saturated carbocycles. The van der Waals surface area contributed by atoms with Crippen LogP contribution in [0.25, 0.3) is 0 Å². The van der Waals surface area contributed by atoms with Crippen LogP contribution in [0.3, 0.4) is 0 Å². The molecule has 6 heteroatoms. The Balaban J connectivity index is 1.36. The molecular formula is C22H31N3O3. The fourth-order valence-electron chi connectivity index (χ4n) is 5.41. The molecule has 0 aromatic carbocycles. The average molecular weight is 386 g/mol. The second-order valence-corrected chi connectivity index (χ2v) is 8.73. The summed E-state index contributed by atoms with van der Waals surface area (Å²) in [5, 5.41) is 0. The number of aromatic amines is 1. The van der Waals surface area contributed by atoms with Crippen molar-refractivity contribution in [2.45, 2.75) is 58.8 Å². The standard InChI is InChI=1S/C22H31N3O3/c1-14-20-18(4-3-5-19(20)27)23-21(14)22(28)25-12-8-17(9-13-25)16-6-10-24(11-7-16)15(2)26/h16-17,23H,3-13H2,1-2H3. The monoisotopic (exact) mass is 385 g/mol. The number of H-pyrrole nitrogens is 1. The largest absolute Gasteiger partial charge is 0.354 e. The Morgan fingerprint density at radius 2 is 1.50 bits per heavy atom. The van der Waals surface area contributed by atoms with E-state index in [0.29, 0.717) is 24.0 Å². The Labute approximate surface area is 166 Å². The summed E-state index contributed by atoms with van der Waals surface area (Å²) < 4.78 is 0. The minimum atomic E-state index is 0.0459. The Bertz CT molecular complexity index is 781. The molecule has 2 fully saturated rings. The maximum atomic E-state index is 13.1. The number of carbonyl (C=O) groups excluding carboxylic acids is 3. The van der Waals surface area contributed by atoms with Gasteiger partial charge in [-0.1, -0.05) is 0 Å². The number of aryl methyl sites for hydroxylation is 1. The first-order valence-corrected chi connectivity index (χ1v) is 10.7. The lowest BCUT2D eigenvalue weighted by Gasteiger charge is -2.40. The average Bonchev–Trinajstić information content (AvgIpc) is 3.05. The van der Waals surface area contributed by atoms with Gasteiger partial charge in [0, 0.05) is 50.8 Å². The van der Waals surface area contributed by atoms with Crippen molar-refractivity contribution >= 4 is 17.6 Å². The van der Waals surface area contributed by atoms with E-state index in [9.17, 15) is 14.4 Å². The number of fused-ring (bicyclic) bond motifs is 1. The molecule has 2 saturated heterocycles. The van der Waals surface area contributed by atoms with Gasteiger partial charge < -0.3 is 14.8 Å². The van der Waals surface area contributed by atoms with E-state index in [-0.39, 0.29) is 17.6 Å². The van der Waals surface area contributed by atoms with Crippen LogP contribution in [0.1, 0.15) is 77.6 Å². The molecule has 3 heterocycles. The van der Waals surface area contributed by atoms with Crippen LogP contribution in [0.2, 0.25) is 0 Å². The van der Waals surface area contributed by atoms with Gasteiger partial charge in [0.25, 0.3) is 5.91 Å². The van der Waals surface area contributed by atoms with Crippen LogP contribution in [-0.2, 0) is 11.2 Å². The Morgan fingerprint density at radius 3 is 2.04 bits per heavy atom. The highest BCUT2D eigenvalue weighted by Gasteiger charge is 2.33. The van der Waals surface area contributed by atoms with E-state index >= 15 is 0 Å². The lowest BCUT2D eigenvalue weighted by molar-refractivity contribution is -0.130. The van der Waals surface area contributed by atoms with E-state index in [1.807, 2.05) is 16.7 Å². The van der Waals surface area contributed by atoms with Gasteiger partial charge in [0.15, 0.2) is 5.78 Å². The number of piperidine rings is 2. The fraction of sp³-hybridized carbons (Fsp3) is 0.682. The molecule has 0 bridgehead atoms. The summed E-state index contributed by atoms with van der Waals surface area (Å²) in [6, 6.07) is 0. The van der Waals surface area contributed by atoms with E-state index in [0.717, 1.165) is 81.5 Å². The molecule has 2 aliphatic heterocycles. The maximum absolute atomic E-state index is 13.1. The first-order valence-electron chi connectivity index (χ1n) is 10.7. The van der Waals surface area contributed by atoms with E-state index in [4.69, 9.17) is 0 Å². The summed E-state index contributed by atoms with van der Waals surface area (Å²) in [4.78, 5) is 44.0. The number of likely N-dealkylation sites (tertiary alicyclic amines) is 2. The number of nitrogens with zero attached hydrogens (tertiary/aromatic N) is 2. The van der Waals surface area contributed by atoms with Gasteiger partial charge in [-0.15, -0.1) is 0 Å². The van der Waals surface area contributed by atoms with Crippen LogP contribution in [0.5, 0.6) is 0 Å². The number of amides is 2. The molecule has 2 amide bonds. The van der Waals surface area contributed by atoms with E-state index in [1.54, 1.807) is 6.92 Å². The van der Waals surface area contributed by atoms with Gasteiger partial charge in [-0.05, 0) is 62.8 Å². The summed E-state index contributed by atoms with van der Waals surface area (Å²) in [5.74, 6) is 1.72. The molecular weight excluding hydrogens is 354 g/mol. The summed E-state index contributed by atoms with van der Waals surface area (Å²) in [5.41, 5.74) is 3.17. The van der Waals surface area contributed by atoms with Gasteiger partial charge in [-0.3, -0.25) is 14.4 Å². The molecule has 152 valence electrons. The summed E-state index contributed by atoms with van der Waals surface area (Å²) >= 11 is 0. The van der Waals surface area contributed by atoms with Crippen LogP contribution < -0.4 is 0 Å². The molecule has 0 radical (unpaired) electrons. The van der Waals surface area contributed by atoms with Gasteiger partial charge in [0.2, 0.25) is 5.91 Å². The second kappa shape index (κ2) is 7.72. The highest BCUT2D eigenvalue weighted by atomic mass is 16.2. The third kappa shape index (κ3) is 3.49. The predicted octanol–water partition coefficient (Wildman–Crippen LogP) is 2.95. The summed E-state index contributed by atoms with van der Waals surface area (Å²) in [6.45, 7) is 6.88. The lowest BCUT2D eigenvalue weighted by Crippen LogP contribution is -2.43. The third-order valence-electron chi connectivity index (χ3n) is 7.13. The molecule has 0 spiro atoms. The van der Waals surface area contributed by atoms with Crippen molar-refractivity contribution in [1.29, 1.82) is 0 Å². The van der Waals surface area contributed by atoms with E-state index in [1.165, 1.54) is 0 Å². The number of hydrogen-bond donors (Lipinski definition) is 1. The SMILES string of the molecule is CC(=O)N1CCC(C2CCN(C(=O)c3[nH]c4c(c3C)C(=O)CCC4)CC2)CC1. The number of hydrogen-bond acceptors (Lipinski definition) is 3. The van der Waals surface area contributed by atoms with E-state index < -0.39 is 0 Å². The van der Waals surface area contributed by atoms with Gasteiger partial charge in [-0.25, -0.2) is 0 Å². The van der Waals surface area contributed by atoms with Crippen LogP contribution in [0, 0.1) is 18.8 Å². The minimum absolute atomic E-state index is 0.0459. The van der Waals surface area contributed by atoms with Crippen molar-refractivity contribution in [3.63, 3.8) is 0 Å². The van der Waals surface area contributed by atoms with Crippen LogP contribution in [-0.4, -0.2) is 58.6 Å². The van der Waals surface area contributed by atoms with Gasteiger partial charge in [0.1, 0.15) is 5.69 Å². The van der Waals surface area contributed by atoms with Crippen molar-refractivity contribution in [3.05, 3.63) is 22.5 Å². The normalized spacial score (nSPS) is 21.7. The van der Waals surface area contributed by atoms with E-state index in [2.05, 4.69) is 4.98 Å². The molecule has 0 atom stereocenters. The number of rotatable bonds is 2. The Morgan fingerprint density at radius 1 is 0.929 bits per heavy atom. The number of ketones is 1. The quantitative estimate of drug-likeness (QED) is 0.851. The van der Waals surface area contributed by atoms with Crippen LogP contribution in [0.4, 0.5) is 0 Å². The highest BCUT2D eigenvalue weighted by molar-refractivity contribution is 6.04. The zero-order valence-electron chi connectivity index (χ0n) is 17.1. The first-order chi connectivity index (χ1) is 13.5. The van der Waals surface area contributed by atoms with Crippen molar-refractivity contribution in [2.24, 2.45) is 11.8 Å². The number of Topliss-reactive ketones (excluding diaryl/α,β-unsaturated/α-hetero) is 1. The highest BCUT2D eigenvalue weighted by Crippen LogP contribution is 2.33. The topological polar surface area (TPSA) is 73.5 Å². The number of nitrogens with one attached hydrogen (secondary N) is 1. The predicted molar refractivity (Wildman–Crippen MR) is 106 cm³/mol. The van der Waals surface area contributed by atoms with Gasteiger partial charge in [-0.2, -0.15) is 0 Å². The maximum Gasteiger partial charge on any atom is 0.270 e. The first kappa shape index (κ1) is 19.2. The van der Waals surface area contributed by atoms with Crippen molar-refractivity contribution in [3.8, 4) is 0 Å². The van der Waals surface area contributed by atoms with Crippen molar-refractivity contribution < 1.29 is 14.4 Å². The molecule has 3 aliphatic rings. The van der Waals surface area contributed by atoms with Gasteiger partial charge in [0.05, 0.1) is 0 Å². The van der Waals surface area contributed by atoms with Crippen LogP contribution >= 0.6 is 0 Å². The summed E-state index contributed by atoms with van der Waals surface area (Å²) in [6.07, 6.45) is 6.56. The smallest absolute Gasteiger partial charge is 0.270 e. The minimum Gasteiger partial charge on any atom is -0.354 e. The zero-order chi connectivity index (χ0) is 19.8. The molecule has 1 N–H and O–H groups in total. The molecule has 1 aromatic heterocycles. The molecule has 1 aliphatic carbocycles. The molecule has 6 nitrogen and oxygen atoms in total. The second-order valence-electron chi connectivity index (χ2n) is 8.73.